The van der Waals surface area contributed by atoms with Crippen molar-refractivity contribution < 1.29 is 0 Å². The highest BCUT2D eigenvalue weighted by Crippen LogP contribution is 2.31. The second kappa shape index (κ2) is 9.75. The zero-order valence-electron chi connectivity index (χ0n) is 14.5. The van der Waals surface area contributed by atoms with Gasteiger partial charge < -0.3 is 15.1 Å². The van der Waals surface area contributed by atoms with Gasteiger partial charge >= 0.3 is 0 Å². The van der Waals surface area contributed by atoms with Gasteiger partial charge in [-0.3, -0.25) is 0 Å². The molecule has 1 aliphatic carbocycles. The summed E-state index contributed by atoms with van der Waals surface area (Å²) in [6.07, 6.45) is 6.86. The van der Waals surface area contributed by atoms with Crippen molar-refractivity contribution in [3.05, 3.63) is 0 Å². The van der Waals surface area contributed by atoms with Crippen molar-refractivity contribution in [2.45, 2.75) is 52.0 Å². The Morgan fingerprint density at radius 3 is 2.40 bits per heavy atom. The fourth-order valence-corrected chi connectivity index (χ4v) is 3.63. The molecule has 0 spiro atoms. The Morgan fingerprint density at radius 2 is 1.85 bits per heavy atom. The second-order valence-corrected chi connectivity index (χ2v) is 6.79. The van der Waals surface area contributed by atoms with Crippen molar-refractivity contribution >= 4 is 0 Å². The molecule has 0 saturated heterocycles. The lowest BCUT2D eigenvalue weighted by molar-refractivity contribution is 0.142. The minimum Gasteiger partial charge on any atom is -0.317 e. The third kappa shape index (κ3) is 6.11. The van der Waals surface area contributed by atoms with Crippen LogP contribution in [0.15, 0.2) is 0 Å². The van der Waals surface area contributed by atoms with E-state index in [2.05, 4.69) is 50.1 Å². The van der Waals surface area contributed by atoms with Crippen LogP contribution in [-0.2, 0) is 0 Å². The van der Waals surface area contributed by atoms with Crippen LogP contribution in [0.4, 0.5) is 0 Å². The van der Waals surface area contributed by atoms with Crippen LogP contribution >= 0.6 is 0 Å². The lowest BCUT2D eigenvalue weighted by Crippen LogP contribution is -2.45. The molecule has 0 aliphatic heterocycles. The van der Waals surface area contributed by atoms with E-state index in [-0.39, 0.29) is 0 Å². The minimum absolute atomic E-state index is 0.737. The van der Waals surface area contributed by atoms with Crippen LogP contribution < -0.4 is 5.32 Å². The largest absolute Gasteiger partial charge is 0.317 e. The van der Waals surface area contributed by atoms with Gasteiger partial charge in [-0.2, -0.15) is 0 Å². The number of hydrogen-bond acceptors (Lipinski definition) is 3. The number of rotatable bonds is 9. The zero-order chi connectivity index (χ0) is 15.0. The summed E-state index contributed by atoms with van der Waals surface area (Å²) < 4.78 is 0. The molecular formula is C17H37N3. The Hall–Kier alpha value is -0.120. The fourth-order valence-electron chi connectivity index (χ4n) is 3.63. The Kier molecular flexibility index (Phi) is 8.74. The number of nitrogens with zero attached hydrogens (tertiary/aromatic N) is 2. The maximum atomic E-state index is 3.57. The van der Waals surface area contributed by atoms with E-state index >= 15 is 0 Å². The predicted octanol–water partition coefficient (Wildman–Crippen LogP) is 2.67. The van der Waals surface area contributed by atoms with Gasteiger partial charge in [-0.1, -0.05) is 20.3 Å². The molecule has 0 aromatic carbocycles. The molecule has 120 valence electrons. The Bertz CT molecular complexity index is 242. The van der Waals surface area contributed by atoms with Crippen molar-refractivity contribution in [2.75, 3.05) is 47.3 Å². The number of hydrogen-bond donors (Lipinski definition) is 1. The summed E-state index contributed by atoms with van der Waals surface area (Å²) in [4.78, 5) is 4.95. The van der Waals surface area contributed by atoms with Gasteiger partial charge in [-0.25, -0.2) is 0 Å². The van der Waals surface area contributed by atoms with E-state index in [1.165, 1.54) is 58.3 Å². The van der Waals surface area contributed by atoms with Gasteiger partial charge in [0.1, 0.15) is 0 Å². The first kappa shape index (κ1) is 17.9. The van der Waals surface area contributed by atoms with E-state index in [0.717, 1.165) is 17.9 Å². The summed E-state index contributed by atoms with van der Waals surface area (Å²) in [5.41, 5.74) is 0. The Labute approximate surface area is 127 Å². The molecule has 3 atom stereocenters. The molecule has 1 rings (SSSR count). The van der Waals surface area contributed by atoms with Crippen LogP contribution in [0.5, 0.6) is 0 Å². The summed E-state index contributed by atoms with van der Waals surface area (Å²) in [5, 5.41) is 3.57. The molecule has 1 N–H and O–H groups in total. The molecule has 3 heteroatoms. The molecule has 20 heavy (non-hydrogen) atoms. The van der Waals surface area contributed by atoms with E-state index in [0.29, 0.717) is 0 Å². The van der Waals surface area contributed by atoms with Crippen LogP contribution in [0.2, 0.25) is 0 Å². The minimum atomic E-state index is 0.737. The average Bonchev–Trinajstić information content (AvgIpc) is 2.45. The first-order valence-electron chi connectivity index (χ1n) is 8.65. The van der Waals surface area contributed by atoms with Crippen molar-refractivity contribution in [2.24, 2.45) is 11.8 Å². The van der Waals surface area contributed by atoms with E-state index < -0.39 is 0 Å². The van der Waals surface area contributed by atoms with Gasteiger partial charge in [-0.15, -0.1) is 0 Å². The molecular weight excluding hydrogens is 246 g/mol. The SMILES string of the molecule is CCC1CCC(NC)C(CN(CC)CCCN(C)C)C1. The summed E-state index contributed by atoms with van der Waals surface area (Å²) in [6.45, 7) is 9.59. The van der Waals surface area contributed by atoms with Gasteiger partial charge in [0.05, 0.1) is 0 Å². The summed E-state index contributed by atoms with van der Waals surface area (Å²) in [7, 11) is 6.48. The van der Waals surface area contributed by atoms with Gasteiger partial charge in [0, 0.05) is 12.6 Å². The summed E-state index contributed by atoms with van der Waals surface area (Å²) >= 11 is 0. The highest BCUT2D eigenvalue weighted by atomic mass is 15.1. The first-order valence-corrected chi connectivity index (χ1v) is 8.65. The van der Waals surface area contributed by atoms with E-state index in [1.54, 1.807) is 0 Å². The van der Waals surface area contributed by atoms with E-state index in [4.69, 9.17) is 0 Å². The Morgan fingerprint density at radius 1 is 1.10 bits per heavy atom. The molecule has 0 heterocycles. The third-order valence-electron chi connectivity index (χ3n) is 5.06. The smallest absolute Gasteiger partial charge is 0.0105 e. The van der Waals surface area contributed by atoms with Gasteiger partial charge in [0.25, 0.3) is 0 Å². The zero-order valence-corrected chi connectivity index (χ0v) is 14.5. The van der Waals surface area contributed by atoms with Gasteiger partial charge in [-0.05, 0) is 78.3 Å². The predicted molar refractivity (Wildman–Crippen MR) is 89.3 cm³/mol. The summed E-state index contributed by atoms with van der Waals surface area (Å²) in [5.74, 6) is 1.81. The highest BCUT2D eigenvalue weighted by Gasteiger charge is 2.29. The van der Waals surface area contributed by atoms with Crippen molar-refractivity contribution in [3.8, 4) is 0 Å². The lowest BCUT2D eigenvalue weighted by Gasteiger charge is -2.38. The third-order valence-corrected chi connectivity index (χ3v) is 5.06. The van der Waals surface area contributed by atoms with E-state index in [1.807, 2.05) is 0 Å². The van der Waals surface area contributed by atoms with Crippen molar-refractivity contribution in [1.29, 1.82) is 0 Å². The van der Waals surface area contributed by atoms with Crippen molar-refractivity contribution in [3.63, 3.8) is 0 Å². The molecule has 1 fully saturated rings. The summed E-state index contributed by atoms with van der Waals surface area (Å²) in [6, 6.07) is 0.737. The molecule has 0 radical (unpaired) electrons. The molecule has 3 nitrogen and oxygen atoms in total. The standard InChI is InChI=1S/C17H37N3/c1-6-15-9-10-17(18-3)16(13-15)14-20(7-2)12-8-11-19(4)5/h15-18H,6-14H2,1-5H3. The fraction of sp³-hybridized carbons (Fsp3) is 1.00. The average molecular weight is 284 g/mol. The van der Waals surface area contributed by atoms with Crippen LogP contribution in [0.1, 0.15) is 46.0 Å². The maximum absolute atomic E-state index is 3.57. The molecule has 0 aromatic heterocycles. The second-order valence-electron chi connectivity index (χ2n) is 6.79. The quantitative estimate of drug-likeness (QED) is 0.702. The van der Waals surface area contributed by atoms with E-state index in [9.17, 15) is 0 Å². The lowest BCUT2D eigenvalue weighted by atomic mass is 9.76. The van der Waals surface area contributed by atoms with Crippen molar-refractivity contribution in [1.82, 2.24) is 15.1 Å². The molecule has 1 aliphatic rings. The molecule has 0 bridgehead atoms. The molecule has 0 amide bonds. The first-order chi connectivity index (χ1) is 9.60. The normalized spacial score (nSPS) is 27.4. The van der Waals surface area contributed by atoms with Crippen LogP contribution in [0.3, 0.4) is 0 Å². The molecule has 0 aromatic rings. The highest BCUT2D eigenvalue weighted by molar-refractivity contribution is 4.85. The molecule has 1 saturated carbocycles. The van der Waals surface area contributed by atoms with Gasteiger partial charge in [0.15, 0.2) is 0 Å². The monoisotopic (exact) mass is 283 g/mol. The topological polar surface area (TPSA) is 18.5 Å². The molecule has 3 unspecified atom stereocenters. The number of nitrogens with one attached hydrogen (secondary N) is 1. The van der Waals surface area contributed by atoms with Crippen LogP contribution in [0.25, 0.3) is 0 Å². The Balaban J connectivity index is 2.43. The van der Waals surface area contributed by atoms with Gasteiger partial charge in [0.2, 0.25) is 0 Å². The van der Waals surface area contributed by atoms with Crippen LogP contribution in [0, 0.1) is 11.8 Å². The maximum Gasteiger partial charge on any atom is 0.0105 e. The van der Waals surface area contributed by atoms with Crippen LogP contribution in [-0.4, -0.2) is 63.2 Å².